The van der Waals surface area contributed by atoms with Crippen molar-refractivity contribution < 1.29 is 9.18 Å². The molecule has 1 saturated carbocycles. The first kappa shape index (κ1) is 16.3. The molecule has 2 aromatic rings. The van der Waals surface area contributed by atoms with Crippen LogP contribution >= 0.6 is 23.2 Å². The fraction of sp³-hybridized carbons (Fsp3) is 0.375. The van der Waals surface area contributed by atoms with Crippen molar-refractivity contribution in [1.82, 2.24) is 14.9 Å². The van der Waals surface area contributed by atoms with E-state index in [1.54, 1.807) is 49.1 Å². The molecule has 1 fully saturated rings. The minimum Gasteiger partial charge on any atom is -0.341 e. The van der Waals surface area contributed by atoms with Crippen LogP contribution in [0.1, 0.15) is 30.8 Å². The molecule has 1 aliphatic carbocycles. The zero-order valence-corrected chi connectivity index (χ0v) is 14.2. The Morgan fingerprint density at radius 1 is 1.43 bits per heavy atom. The van der Waals surface area contributed by atoms with Gasteiger partial charge >= 0.3 is 0 Å². The van der Waals surface area contributed by atoms with Crippen LogP contribution < -0.4 is 5.32 Å². The van der Waals surface area contributed by atoms with Crippen LogP contribution in [0.5, 0.6) is 0 Å². The lowest BCUT2D eigenvalue weighted by molar-refractivity contribution is -0.126. The number of halogens is 3. The lowest BCUT2D eigenvalue weighted by atomic mass is 10.0. The molecule has 7 heteroatoms. The van der Waals surface area contributed by atoms with Gasteiger partial charge in [0.15, 0.2) is 0 Å². The average molecular weight is 356 g/mol. The predicted molar refractivity (Wildman–Crippen MR) is 86.8 cm³/mol. The van der Waals surface area contributed by atoms with E-state index >= 15 is 0 Å². The van der Waals surface area contributed by atoms with E-state index in [0.717, 1.165) is 0 Å². The highest BCUT2D eigenvalue weighted by Crippen LogP contribution is 2.64. The third-order valence-corrected chi connectivity index (χ3v) is 5.47. The van der Waals surface area contributed by atoms with Crippen molar-refractivity contribution in [3.63, 3.8) is 0 Å². The molecular weight excluding hydrogens is 340 g/mol. The van der Waals surface area contributed by atoms with Gasteiger partial charge in [-0.05, 0) is 19.4 Å². The highest BCUT2D eigenvalue weighted by molar-refractivity contribution is 6.53. The topological polar surface area (TPSA) is 46.9 Å². The number of rotatable bonds is 4. The maximum Gasteiger partial charge on any atom is 0.229 e. The van der Waals surface area contributed by atoms with Gasteiger partial charge in [0, 0.05) is 25.0 Å². The minimum absolute atomic E-state index is 0.321. The summed E-state index contributed by atoms with van der Waals surface area (Å²) >= 11 is 12.1. The molecule has 1 amide bonds. The summed E-state index contributed by atoms with van der Waals surface area (Å²) in [7, 11) is 1.79. The lowest BCUT2D eigenvalue weighted by Gasteiger charge is -2.22. The molecule has 0 aliphatic heterocycles. The van der Waals surface area contributed by atoms with Crippen molar-refractivity contribution in [3.05, 3.63) is 53.9 Å². The van der Waals surface area contributed by atoms with Crippen molar-refractivity contribution in [2.75, 3.05) is 0 Å². The SMILES string of the molecule is Cn1ccnc1[C@H](NC(=O)[C@@]1(C)CC1(Cl)Cl)c1ccccc1F. The van der Waals surface area contributed by atoms with Crippen LogP contribution in [0.3, 0.4) is 0 Å². The Hall–Kier alpha value is -1.59. The summed E-state index contributed by atoms with van der Waals surface area (Å²) in [6.07, 6.45) is 3.70. The summed E-state index contributed by atoms with van der Waals surface area (Å²) in [4.78, 5) is 16.8. The standard InChI is InChI=1S/C16H16Cl2FN3O/c1-15(9-16(15,17)18)14(23)21-12(13-20-7-8-22(13)2)10-5-3-4-6-11(10)19/h3-8,12H,9H2,1-2H3,(H,21,23)/t12-,15-/m1/s1. The first-order chi connectivity index (χ1) is 10.8. The fourth-order valence-electron chi connectivity index (χ4n) is 2.58. The molecule has 2 atom stereocenters. The van der Waals surface area contributed by atoms with Crippen LogP contribution in [-0.4, -0.2) is 19.8 Å². The Bertz CT molecular complexity index is 761. The van der Waals surface area contributed by atoms with E-state index in [4.69, 9.17) is 23.2 Å². The Morgan fingerprint density at radius 2 is 2.09 bits per heavy atom. The molecule has 1 N–H and O–H groups in total. The summed E-state index contributed by atoms with van der Waals surface area (Å²) in [5, 5.41) is 2.84. The number of benzene rings is 1. The maximum absolute atomic E-state index is 14.2. The molecule has 1 aromatic carbocycles. The number of amides is 1. The molecule has 0 saturated heterocycles. The van der Waals surface area contributed by atoms with Crippen LogP contribution in [-0.2, 0) is 11.8 Å². The summed E-state index contributed by atoms with van der Waals surface area (Å²) in [5.74, 6) is -0.203. The first-order valence-electron chi connectivity index (χ1n) is 7.17. The van der Waals surface area contributed by atoms with Gasteiger partial charge in [-0.1, -0.05) is 18.2 Å². The Kier molecular flexibility index (Phi) is 3.89. The van der Waals surface area contributed by atoms with E-state index in [0.29, 0.717) is 17.8 Å². The molecule has 122 valence electrons. The molecular formula is C16H16Cl2FN3O. The molecule has 3 rings (SSSR count). The van der Waals surface area contributed by atoms with Crippen LogP contribution in [0.4, 0.5) is 4.39 Å². The van der Waals surface area contributed by atoms with Crippen molar-refractivity contribution >= 4 is 29.1 Å². The summed E-state index contributed by atoms with van der Waals surface area (Å²) in [5.41, 5.74) is -0.542. The Morgan fingerprint density at radius 3 is 2.61 bits per heavy atom. The van der Waals surface area contributed by atoms with Gasteiger partial charge < -0.3 is 9.88 Å². The highest BCUT2D eigenvalue weighted by Gasteiger charge is 2.68. The number of hydrogen-bond acceptors (Lipinski definition) is 2. The van der Waals surface area contributed by atoms with E-state index in [-0.39, 0.29) is 5.91 Å². The average Bonchev–Trinajstić information content (AvgIpc) is 2.81. The molecule has 0 radical (unpaired) electrons. The number of aromatic nitrogens is 2. The van der Waals surface area contributed by atoms with Crippen LogP contribution in [0.2, 0.25) is 0 Å². The van der Waals surface area contributed by atoms with Crippen molar-refractivity contribution in [1.29, 1.82) is 0 Å². The summed E-state index contributed by atoms with van der Waals surface area (Å²) in [6.45, 7) is 1.69. The minimum atomic E-state index is -1.08. The monoisotopic (exact) mass is 355 g/mol. The number of aryl methyl sites for hydroxylation is 1. The molecule has 0 unspecified atom stereocenters. The van der Waals surface area contributed by atoms with Crippen molar-refractivity contribution in [2.24, 2.45) is 12.5 Å². The maximum atomic E-state index is 14.2. The Balaban J connectivity index is 1.96. The third-order valence-electron chi connectivity index (χ3n) is 4.37. The van der Waals surface area contributed by atoms with Gasteiger partial charge in [0.25, 0.3) is 0 Å². The molecule has 1 aromatic heterocycles. The molecule has 23 heavy (non-hydrogen) atoms. The summed E-state index contributed by atoms with van der Waals surface area (Å²) in [6, 6.07) is 5.57. The van der Waals surface area contributed by atoms with Crippen molar-refractivity contribution in [3.8, 4) is 0 Å². The van der Waals surface area contributed by atoms with Gasteiger partial charge in [-0.15, -0.1) is 23.2 Å². The first-order valence-corrected chi connectivity index (χ1v) is 7.92. The smallest absolute Gasteiger partial charge is 0.229 e. The number of nitrogens with one attached hydrogen (secondary N) is 1. The number of imidazole rings is 1. The van der Waals surface area contributed by atoms with E-state index in [9.17, 15) is 9.18 Å². The van der Waals surface area contributed by atoms with E-state index in [2.05, 4.69) is 10.3 Å². The summed E-state index contributed by atoms with van der Waals surface area (Å²) < 4.78 is 14.9. The Labute approximate surface area is 143 Å². The van der Waals surface area contributed by atoms with E-state index in [1.165, 1.54) is 6.07 Å². The largest absolute Gasteiger partial charge is 0.341 e. The molecule has 0 spiro atoms. The number of carbonyl (C=O) groups excluding carboxylic acids is 1. The van der Waals surface area contributed by atoms with Crippen molar-refractivity contribution in [2.45, 2.75) is 23.7 Å². The van der Waals surface area contributed by atoms with E-state index in [1.807, 2.05) is 0 Å². The number of alkyl halides is 2. The number of carbonyl (C=O) groups is 1. The van der Waals surface area contributed by atoms with Gasteiger partial charge in [0.2, 0.25) is 5.91 Å². The molecule has 1 heterocycles. The predicted octanol–water partition coefficient (Wildman–Crippen LogP) is 3.35. The van der Waals surface area contributed by atoms with Gasteiger partial charge in [-0.25, -0.2) is 9.37 Å². The molecule has 4 nitrogen and oxygen atoms in total. The fourth-order valence-corrected chi connectivity index (χ4v) is 3.29. The number of hydrogen-bond donors (Lipinski definition) is 1. The van der Waals surface area contributed by atoms with Gasteiger partial charge in [-0.3, -0.25) is 4.79 Å². The second-order valence-electron chi connectivity index (χ2n) is 6.04. The second kappa shape index (κ2) is 5.49. The quantitative estimate of drug-likeness (QED) is 0.854. The second-order valence-corrected chi connectivity index (χ2v) is 7.52. The highest BCUT2D eigenvalue weighted by atomic mass is 35.5. The zero-order valence-electron chi connectivity index (χ0n) is 12.7. The van der Waals surface area contributed by atoms with Gasteiger partial charge in [0.1, 0.15) is 22.0 Å². The van der Waals surface area contributed by atoms with Crippen LogP contribution in [0.25, 0.3) is 0 Å². The lowest BCUT2D eigenvalue weighted by Crippen LogP contribution is -2.38. The van der Waals surface area contributed by atoms with Crippen LogP contribution in [0, 0.1) is 11.2 Å². The molecule has 1 aliphatic rings. The van der Waals surface area contributed by atoms with Crippen LogP contribution in [0.15, 0.2) is 36.7 Å². The van der Waals surface area contributed by atoms with Gasteiger partial charge in [0.05, 0.1) is 5.41 Å². The molecule has 0 bridgehead atoms. The number of nitrogens with zero attached hydrogens (tertiary/aromatic N) is 2. The third kappa shape index (κ3) is 2.72. The zero-order chi connectivity index (χ0) is 16.8. The normalized spacial score (nSPS) is 23.3. The van der Waals surface area contributed by atoms with E-state index < -0.39 is 21.6 Å². The van der Waals surface area contributed by atoms with Gasteiger partial charge in [-0.2, -0.15) is 0 Å².